The number of rotatable bonds is 6. The first-order valence-electron chi connectivity index (χ1n) is 7.11. The number of aromatic nitrogens is 3. The van der Waals surface area contributed by atoms with Crippen molar-refractivity contribution in [2.24, 2.45) is 7.05 Å². The van der Waals surface area contributed by atoms with Gasteiger partial charge in [0.25, 0.3) is 0 Å². The topological polar surface area (TPSA) is 42.7 Å². The molecule has 0 amide bonds. The van der Waals surface area contributed by atoms with Crippen molar-refractivity contribution in [1.29, 1.82) is 0 Å². The second kappa shape index (κ2) is 7.25. The number of halogens is 2. The molecule has 0 saturated heterocycles. The monoisotopic (exact) mass is 326 g/mol. The first-order chi connectivity index (χ1) is 10.1. The molecule has 0 aliphatic carbocycles. The van der Waals surface area contributed by atoms with Gasteiger partial charge in [0.15, 0.2) is 0 Å². The van der Waals surface area contributed by atoms with Gasteiger partial charge in [-0.3, -0.25) is 9.67 Å². The lowest BCUT2D eigenvalue weighted by molar-refractivity contribution is 0.517. The maximum Gasteiger partial charge on any atom is 0.0850 e. The minimum absolute atomic E-state index is 0.0878. The molecular weight excluding hydrogens is 307 g/mol. The smallest absolute Gasteiger partial charge is 0.0850 e. The first-order valence-corrected chi connectivity index (χ1v) is 7.87. The van der Waals surface area contributed by atoms with Crippen molar-refractivity contribution in [1.82, 2.24) is 20.1 Å². The molecule has 21 heavy (non-hydrogen) atoms. The molecule has 1 atom stereocenters. The van der Waals surface area contributed by atoms with Gasteiger partial charge in [0.05, 0.1) is 33.2 Å². The average molecular weight is 327 g/mol. The molecule has 4 nitrogen and oxygen atoms in total. The molecule has 0 aliphatic heterocycles. The van der Waals surface area contributed by atoms with E-state index in [0.717, 1.165) is 41.5 Å². The highest BCUT2D eigenvalue weighted by Gasteiger charge is 2.19. The van der Waals surface area contributed by atoms with Gasteiger partial charge in [-0.15, -0.1) is 0 Å². The summed E-state index contributed by atoms with van der Waals surface area (Å²) in [6, 6.07) is 3.89. The Morgan fingerprint density at radius 1 is 1.29 bits per heavy atom. The van der Waals surface area contributed by atoms with Crippen LogP contribution < -0.4 is 5.32 Å². The van der Waals surface area contributed by atoms with E-state index in [2.05, 4.69) is 29.2 Å². The van der Waals surface area contributed by atoms with E-state index in [4.69, 9.17) is 23.2 Å². The quantitative estimate of drug-likeness (QED) is 0.882. The van der Waals surface area contributed by atoms with Crippen molar-refractivity contribution < 1.29 is 0 Å². The van der Waals surface area contributed by atoms with Crippen LogP contribution in [-0.2, 0) is 19.9 Å². The number of hydrogen-bond donors (Lipinski definition) is 1. The summed E-state index contributed by atoms with van der Waals surface area (Å²) in [6.07, 6.45) is 3.24. The van der Waals surface area contributed by atoms with Gasteiger partial charge in [0.1, 0.15) is 0 Å². The molecule has 1 N–H and O–H groups in total. The van der Waals surface area contributed by atoms with Crippen molar-refractivity contribution >= 4 is 23.2 Å². The SMILES string of the molecule is CCNC(Cc1c(Cl)c(CC)nn1C)c1ccc(Cl)cn1. The van der Waals surface area contributed by atoms with Crippen LogP contribution in [0.2, 0.25) is 10.0 Å². The van der Waals surface area contributed by atoms with Gasteiger partial charge in [-0.25, -0.2) is 0 Å². The van der Waals surface area contributed by atoms with Crippen molar-refractivity contribution in [3.05, 3.63) is 45.5 Å². The Morgan fingerprint density at radius 3 is 2.57 bits per heavy atom. The summed E-state index contributed by atoms with van der Waals surface area (Å²) in [5.41, 5.74) is 2.92. The minimum atomic E-state index is 0.0878. The third kappa shape index (κ3) is 3.76. The maximum absolute atomic E-state index is 6.43. The summed E-state index contributed by atoms with van der Waals surface area (Å²) in [5.74, 6) is 0. The normalized spacial score (nSPS) is 12.6. The molecular formula is C15H20Cl2N4. The second-order valence-electron chi connectivity index (χ2n) is 4.90. The highest BCUT2D eigenvalue weighted by atomic mass is 35.5. The van der Waals surface area contributed by atoms with E-state index in [1.54, 1.807) is 6.20 Å². The van der Waals surface area contributed by atoms with Crippen molar-refractivity contribution in [3.63, 3.8) is 0 Å². The van der Waals surface area contributed by atoms with E-state index in [9.17, 15) is 0 Å². The van der Waals surface area contributed by atoms with Gasteiger partial charge in [0.2, 0.25) is 0 Å². The highest BCUT2D eigenvalue weighted by molar-refractivity contribution is 6.32. The third-order valence-corrected chi connectivity index (χ3v) is 4.12. The predicted molar refractivity (Wildman–Crippen MR) is 87.0 cm³/mol. The van der Waals surface area contributed by atoms with Gasteiger partial charge < -0.3 is 5.32 Å². The molecule has 0 aliphatic rings. The molecule has 114 valence electrons. The Bertz CT molecular complexity index is 592. The van der Waals surface area contributed by atoms with Gasteiger partial charge in [-0.1, -0.05) is 37.0 Å². The molecule has 0 bridgehead atoms. The van der Waals surface area contributed by atoms with Crippen molar-refractivity contribution in [2.75, 3.05) is 6.54 Å². The zero-order valence-corrected chi connectivity index (χ0v) is 14.0. The number of aryl methyl sites for hydroxylation is 2. The lowest BCUT2D eigenvalue weighted by Crippen LogP contribution is -2.24. The fourth-order valence-electron chi connectivity index (χ4n) is 2.36. The molecule has 2 aromatic heterocycles. The Hall–Kier alpha value is -1.10. The molecule has 2 rings (SSSR count). The lowest BCUT2D eigenvalue weighted by atomic mass is 10.1. The summed E-state index contributed by atoms with van der Waals surface area (Å²) in [4.78, 5) is 4.41. The zero-order chi connectivity index (χ0) is 15.4. The first kappa shape index (κ1) is 16.3. The molecule has 0 fully saturated rings. The van der Waals surface area contributed by atoms with Gasteiger partial charge in [-0.05, 0) is 25.1 Å². The molecule has 0 radical (unpaired) electrons. The standard InChI is InChI=1S/C15H20Cl2N4/c1-4-11-15(17)14(21(3)20-11)8-13(18-5-2)12-7-6-10(16)9-19-12/h6-7,9,13,18H,4-5,8H2,1-3H3. The van der Waals surface area contributed by atoms with Crippen LogP contribution in [0.4, 0.5) is 0 Å². The van der Waals surface area contributed by atoms with Crippen molar-refractivity contribution in [3.8, 4) is 0 Å². The Morgan fingerprint density at radius 2 is 2.05 bits per heavy atom. The van der Waals surface area contributed by atoms with Crippen LogP contribution in [0.1, 0.15) is 37.0 Å². The van der Waals surface area contributed by atoms with E-state index in [-0.39, 0.29) is 6.04 Å². The second-order valence-corrected chi connectivity index (χ2v) is 5.71. The molecule has 6 heteroatoms. The van der Waals surface area contributed by atoms with E-state index in [1.165, 1.54) is 0 Å². The van der Waals surface area contributed by atoms with Crippen LogP contribution >= 0.6 is 23.2 Å². The number of hydrogen-bond acceptors (Lipinski definition) is 3. The van der Waals surface area contributed by atoms with Crippen LogP contribution in [0, 0.1) is 0 Å². The summed E-state index contributed by atoms with van der Waals surface area (Å²) >= 11 is 12.3. The average Bonchev–Trinajstić information content (AvgIpc) is 2.75. The molecule has 0 aromatic carbocycles. The molecule has 0 spiro atoms. The van der Waals surface area contributed by atoms with Crippen molar-refractivity contribution in [2.45, 2.75) is 32.7 Å². The zero-order valence-electron chi connectivity index (χ0n) is 12.5. The number of likely N-dealkylation sites (N-methyl/N-ethyl adjacent to an activating group) is 1. The van der Waals surface area contributed by atoms with Crippen LogP contribution in [0.5, 0.6) is 0 Å². The van der Waals surface area contributed by atoms with Crippen LogP contribution in [0.25, 0.3) is 0 Å². The fourth-order valence-corrected chi connectivity index (χ4v) is 2.84. The molecule has 0 saturated carbocycles. The number of nitrogens with zero attached hydrogens (tertiary/aromatic N) is 3. The van der Waals surface area contributed by atoms with E-state index >= 15 is 0 Å². The molecule has 2 aromatic rings. The van der Waals surface area contributed by atoms with Crippen LogP contribution in [0.15, 0.2) is 18.3 Å². The number of pyridine rings is 1. The highest BCUT2D eigenvalue weighted by Crippen LogP contribution is 2.26. The predicted octanol–water partition coefficient (Wildman–Crippen LogP) is 3.58. The number of nitrogens with one attached hydrogen (secondary N) is 1. The van der Waals surface area contributed by atoms with Crippen LogP contribution in [0.3, 0.4) is 0 Å². The van der Waals surface area contributed by atoms with Crippen LogP contribution in [-0.4, -0.2) is 21.3 Å². The maximum atomic E-state index is 6.43. The Kier molecular flexibility index (Phi) is 5.62. The van der Waals surface area contributed by atoms with E-state index < -0.39 is 0 Å². The Balaban J connectivity index is 2.28. The largest absolute Gasteiger partial charge is 0.309 e. The minimum Gasteiger partial charge on any atom is -0.309 e. The van der Waals surface area contributed by atoms with Gasteiger partial charge in [-0.2, -0.15) is 5.10 Å². The van der Waals surface area contributed by atoms with E-state index in [0.29, 0.717) is 5.02 Å². The summed E-state index contributed by atoms with van der Waals surface area (Å²) < 4.78 is 1.86. The Labute approximate surface area is 135 Å². The lowest BCUT2D eigenvalue weighted by Gasteiger charge is -2.17. The van der Waals surface area contributed by atoms with Gasteiger partial charge >= 0.3 is 0 Å². The summed E-state index contributed by atoms with van der Waals surface area (Å²) in [5, 5.41) is 9.31. The molecule has 1 unspecified atom stereocenters. The summed E-state index contributed by atoms with van der Waals surface area (Å²) in [7, 11) is 1.93. The summed E-state index contributed by atoms with van der Waals surface area (Å²) in [6.45, 7) is 4.98. The fraction of sp³-hybridized carbons (Fsp3) is 0.467. The van der Waals surface area contributed by atoms with Gasteiger partial charge in [0, 0.05) is 19.7 Å². The molecule has 2 heterocycles. The third-order valence-electron chi connectivity index (χ3n) is 3.46. The van der Waals surface area contributed by atoms with E-state index in [1.807, 2.05) is 23.9 Å².